The number of hydrogen-bond acceptors (Lipinski definition) is 2. The van der Waals surface area contributed by atoms with Crippen molar-refractivity contribution in [1.82, 2.24) is 4.57 Å². The summed E-state index contributed by atoms with van der Waals surface area (Å²) in [5, 5.41) is 10.2. The van der Waals surface area contributed by atoms with E-state index in [4.69, 9.17) is 11.6 Å². The maximum Gasteiger partial charge on any atom is 0.142 e. The minimum Gasteiger partial charge on any atom is -0.506 e. The molecule has 1 aromatic heterocycles. The van der Waals surface area contributed by atoms with Gasteiger partial charge in [-0.25, -0.2) is 0 Å². The highest BCUT2D eigenvalue weighted by atomic mass is 35.5. The minimum absolute atomic E-state index is 0.0868. The number of nitrogens with zero attached hydrogens (tertiary/aromatic N) is 2. The largest absolute Gasteiger partial charge is 0.506 e. The topological polar surface area (TPSA) is 37.5 Å². The van der Waals surface area contributed by atoms with Crippen LogP contribution in [0.1, 0.15) is 31.1 Å². The van der Waals surface area contributed by atoms with E-state index in [-0.39, 0.29) is 5.75 Å². The third-order valence-corrected chi connectivity index (χ3v) is 3.15. The average molecular weight is 277 g/mol. The monoisotopic (exact) mass is 276 g/mol. The lowest BCUT2D eigenvalue weighted by Gasteiger charge is -2.08. The molecule has 0 fully saturated rings. The fraction of sp³-hybridized carbons (Fsp3) is 0.267. The number of hydrogen-bond donors (Lipinski definition) is 1. The molecule has 2 rings (SSSR count). The van der Waals surface area contributed by atoms with E-state index in [9.17, 15) is 5.11 Å². The van der Waals surface area contributed by atoms with E-state index in [2.05, 4.69) is 42.6 Å². The van der Waals surface area contributed by atoms with Crippen molar-refractivity contribution in [2.45, 2.75) is 26.8 Å². The predicted molar refractivity (Wildman–Crippen MR) is 79.9 cm³/mol. The molecule has 0 aliphatic carbocycles. The molecule has 100 valence electrons. The molecule has 1 heterocycles. The highest BCUT2D eigenvalue weighted by Crippen LogP contribution is 2.29. The number of aliphatic imine (C=N–C) groups is 1. The molecule has 3 nitrogen and oxygen atoms in total. The third-order valence-electron chi connectivity index (χ3n) is 2.92. The van der Waals surface area contributed by atoms with E-state index in [0.717, 1.165) is 5.56 Å². The van der Waals surface area contributed by atoms with Crippen LogP contribution in [0.15, 0.2) is 35.5 Å². The molecule has 0 atom stereocenters. The molecule has 4 heteroatoms. The Morgan fingerprint density at radius 3 is 2.63 bits per heavy atom. The van der Waals surface area contributed by atoms with E-state index < -0.39 is 0 Å². The number of phenols is 1. The van der Waals surface area contributed by atoms with Gasteiger partial charge in [0.1, 0.15) is 11.4 Å². The van der Waals surface area contributed by atoms with Crippen LogP contribution in [0.25, 0.3) is 0 Å². The molecular formula is C15H17ClN2O. The van der Waals surface area contributed by atoms with Gasteiger partial charge in [0.05, 0.1) is 0 Å². The van der Waals surface area contributed by atoms with Gasteiger partial charge in [-0.05, 0) is 39.0 Å². The second-order valence-corrected chi connectivity index (χ2v) is 5.24. The zero-order chi connectivity index (χ0) is 14.0. The summed E-state index contributed by atoms with van der Waals surface area (Å²) >= 11 is 5.78. The van der Waals surface area contributed by atoms with Gasteiger partial charge in [0, 0.05) is 40.8 Å². The molecule has 1 aromatic carbocycles. The third kappa shape index (κ3) is 3.18. The number of aryl methyl sites for hydroxylation is 1. The molecule has 19 heavy (non-hydrogen) atoms. The molecule has 1 N–H and O–H groups in total. The van der Waals surface area contributed by atoms with Crippen LogP contribution in [0.2, 0.25) is 5.02 Å². The fourth-order valence-electron chi connectivity index (χ4n) is 1.99. The summed E-state index contributed by atoms with van der Waals surface area (Å²) in [4.78, 5) is 4.28. The van der Waals surface area contributed by atoms with E-state index in [1.54, 1.807) is 18.3 Å². The first kappa shape index (κ1) is 13.7. The summed E-state index contributed by atoms with van der Waals surface area (Å²) in [6, 6.07) is 7.37. The molecule has 0 spiro atoms. The summed E-state index contributed by atoms with van der Waals surface area (Å²) in [6.07, 6.45) is 3.80. The van der Waals surface area contributed by atoms with Crippen molar-refractivity contribution in [3.63, 3.8) is 0 Å². The van der Waals surface area contributed by atoms with Crippen LogP contribution in [-0.2, 0) is 0 Å². The standard InChI is InChI=1S/C15H17ClN2O/c1-10(2)18-9-12(6-11(18)3)8-17-14-5-4-13(16)7-15(14)19/h4-10,19H,1-3H3. The summed E-state index contributed by atoms with van der Waals surface area (Å²) in [5.74, 6) is 0.0868. The van der Waals surface area contributed by atoms with Crippen molar-refractivity contribution in [2.75, 3.05) is 0 Å². The molecule has 0 amide bonds. The van der Waals surface area contributed by atoms with E-state index >= 15 is 0 Å². The second kappa shape index (κ2) is 5.49. The van der Waals surface area contributed by atoms with Gasteiger partial charge in [0.25, 0.3) is 0 Å². The Balaban J connectivity index is 2.25. The Labute approximate surface area is 118 Å². The van der Waals surface area contributed by atoms with Gasteiger partial charge >= 0.3 is 0 Å². The number of phenolic OH excluding ortho intramolecular Hbond substituents is 1. The van der Waals surface area contributed by atoms with E-state index in [0.29, 0.717) is 16.8 Å². The SMILES string of the molecule is Cc1cc(C=Nc2ccc(Cl)cc2O)cn1C(C)C. The maximum atomic E-state index is 9.71. The van der Waals surface area contributed by atoms with Gasteiger partial charge in [-0.3, -0.25) is 4.99 Å². The number of aromatic nitrogens is 1. The summed E-state index contributed by atoms with van der Waals surface area (Å²) in [5.41, 5.74) is 2.72. The van der Waals surface area contributed by atoms with Crippen molar-refractivity contribution in [1.29, 1.82) is 0 Å². The molecular weight excluding hydrogens is 260 g/mol. The smallest absolute Gasteiger partial charge is 0.142 e. The van der Waals surface area contributed by atoms with Crippen LogP contribution in [0, 0.1) is 6.92 Å². The van der Waals surface area contributed by atoms with Crippen molar-refractivity contribution < 1.29 is 5.11 Å². The van der Waals surface area contributed by atoms with Crippen molar-refractivity contribution in [3.05, 3.63) is 46.7 Å². The molecule has 0 aliphatic rings. The lowest BCUT2D eigenvalue weighted by atomic mass is 10.3. The Hall–Kier alpha value is -1.74. The van der Waals surface area contributed by atoms with Crippen molar-refractivity contribution in [2.24, 2.45) is 4.99 Å². The van der Waals surface area contributed by atoms with Crippen molar-refractivity contribution in [3.8, 4) is 5.75 Å². The number of rotatable bonds is 3. The van der Waals surface area contributed by atoms with Gasteiger partial charge in [0.15, 0.2) is 0 Å². The molecule has 0 bridgehead atoms. The van der Waals surface area contributed by atoms with Gasteiger partial charge in [-0.2, -0.15) is 0 Å². The molecule has 0 saturated carbocycles. The highest BCUT2D eigenvalue weighted by Gasteiger charge is 2.04. The zero-order valence-corrected chi connectivity index (χ0v) is 12.0. The van der Waals surface area contributed by atoms with Gasteiger partial charge < -0.3 is 9.67 Å². The van der Waals surface area contributed by atoms with Gasteiger partial charge in [0.2, 0.25) is 0 Å². The fourth-order valence-corrected chi connectivity index (χ4v) is 2.16. The summed E-state index contributed by atoms with van der Waals surface area (Å²) < 4.78 is 2.18. The van der Waals surface area contributed by atoms with Crippen LogP contribution in [0.5, 0.6) is 5.75 Å². The molecule has 0 saturated heterocycles. The average Bonchev–Trinajstić information content (AvgIpc) is 2.69. The van der Waals surface area contributed by atoms with Crippen LogP contribution in [0.4, 0.5) is 5.69 Å². The number of benzene rings is 1. The lowest BCUT2D eigenvalue weighted by Crippen LogP contribution is -2.00. The van der Waals surface area contributed by atoms with Gasteiger partial charge in [-0.15, -0.1) is 0 Å². The first-order chi connectivity index (χ1) is 8.97. The van der Waals surface area contributed by atoms with Gasteiger partial charge in [-0.1, -0.05) is 11.6 Å². The Morgan fingerprint density at radius 1 is 1.32 bits per heavy atom. The van der Waals surface area contributed by atoms with Crippen LogP contribution in [0.3, 0.4) is 0 Å². The normalized spacial score (nSPS) is 11.6. The first-order valence-electron chi connectivity index (χ1n) is 6.18. The quantitative estimate of drug-likeness (QED) is 0.824. The van der Waals surface area contributed by atoms with Crippen LogP contribution in [-0.4, -0.2) is 15.9 Å². The van der Waals surface area contributed by atoms with Crippen molar-refractivity contribution >= 4 is 23.5 Å². The lowest BCUT2D eigenvalue weighted by molar-refractivity contribution is 0.477. The number of aromatic hydroxyl groups is 1. The maximum absolute atomic E-state index is 9.71. The molecule has 0 radical (unpaired) electrons. The second-order valence-electron chi connectivity index (χ2n) is 4.81. The minimum atomic E-state index is 0.0868. The Kier molecular flexibility index (Phi) is 3.96. The Bertz CT molecular complexity index is 615. The van der Waals surface area contributed by atoms with E-state index in [1.165, 1.54) is 11.8 Å². The predicted octanol–water partition coefficient (Wildman–Crippen LogP) is 4.49. The molecule has 0 aliphatic heterocycles. The highest BCUT2D eigenvalue weighted by molar-refractivity contribution is 6.30. The first-order valence-corrected chi connectivity index (χ1v) is 6.56. The Morgan fingerprint density at radius 2 is 2.05 bits per heavy atom. The van der Waals surface area contributed by atoms with E-state index in [1.807, 2.05) is 0 Å². The van der Waals surface area contributed by atoms with Crippen LogP contribution < -0.4 is 0 Å². The number of halogens is 1. The summed E-state index contributed by atoms with van der Waals surface area (Å²) in [6.45, 7) is 6.34. The zero-order valence-electron chi connectivity index (χ0n) is 11.3. The summed E-state index contributed by atoms with van der Waals surface area (Å²) in [7, 11) is 0. The molecule has 2 aromatic rings. The van der Waals surface area contributed by atoms with Crippen LogP contribution >= 0.6 is 11.6 Å². The molecule has 0 unspecified atom stereocenters.